The first-order valence-electron chi connectivity index (χ1n) is 12.0. The molecule has 0 radical (unpaired) electrons. The molecule has 2 aromatic carbocycles. The summed E-state index contributed by atoms with van der Waals surface area (Å²) in [6.07, 6.45) is -10.3. The predicted octanol–water partition coefficient (Wildman–Crippen LogP) is 4.32. The van der Waals surface area contributed by atoms with Gasteiger partial charge in [0.05, 0.1) is 29.6 Å². The minimum Gasteiger partial charge on any atom is -0.461 e. The Kier molecular flexibility index (Phi) is 11.0. The lowest BCUT2D eigenvalue weighted by Crippen LogP contribution is -2.62. The fraction of sp³-hybridized carbons (Fsp3) is 0.423. The van der Waals surface area contributed by atoms with Crippen molar-refractivity contribution in [1.82, 2.24) is 0 Å². The second-order valence-corrected chi connectivity index (χ2v) is 11.9. The SMILES string of the molecule is C=CCO[C@H]1[C@H](O)[C@@H](COS(=O)(=O)c2cccc(C(F)(F)F)c2)O[C@@H](Oc2ccc(I)cc2)[C@@H]1OC(=O)C(C)C. The normalized spacial score (nSPS) is 23.6. The van der Waals surface area contributed by atoms with E-state index in [-0.39, 0.29) is 6.61 Å². The largest absolute Gasteiger partial charge is 0.461 e. The Labute approximate surface area is 243 Å². The van der Waals surface area contributed by atoms with E-state index < -0.39 is 76.0 Å². The quantitative estimate of drug-likeness (QED) is 0.158. The van der Waals surface area contributed by atoms with Crippen LogP contribution in [0, 0.1) is 9.49 Å². The number of carbonyl (C=O) groups excluding carboxylic acids is 1. The summed E-state index contributed by atoms with van der Waals surface area (Å²) in [5.74, 6) is -0.869. The van der Waals surface area contributed by atoms with Crippen LogP contribution in [0.15, 0.2) is 66.1 Å². The second kappa shape index (κ2) is 13.6. The number of aliphatic hydroxyl groups excluding tert-OH is 1. The zero-order chi connectivity index (χ0) is 29.7. The monoisotopic (exact) mass is 700 g/mol. The number of halogens is 4. The molecule has 0 spiro atoms. The third-order valence-electron chi connectivity index (χ3n) is 5.65. The van der Waals surface area contributed by atoms with E-state index in [2.05, 4.69) is 29.2 Å². The highest BCUT2D eigenvalue weighted by Gasteiger charge is 2.50. The molecule has 14 heteroatoms. The van der Waals surface area contributed by atoms with Gasteiger partial charge in [0.2, 0.25) is 6.29 Å². The van der Waals surface area contributed by atoms with Gasteiger partial charge in [-0.15, -0.1) is 6.58 Å². The number of aliphatic hydroxyl groups is 1. The second-order valence-electron chi connectivity index (χ2n) is 9.01. The van der Waals surface area contributed by atoms with E-state index in [0.29, 0.717) is 11.8 Å². The lowest BCUT2D eigenvalue weighted by molar-refractivity contribution is -0.288. The molecule has 1 heterocycles. The average molecular weight is 700 g/mol. The van der Waals surface area contributed by atoms with E-state index in [4.69, 9.17) is 23.1 Å². The average Bonchev–Trinajstić information content (AvgIpc) is 2.89. The molecule has 9 nitrogen and oxygen atoms in total. The maximum Gasteiger partial charge on any atom is 0.416 e. The van der Waals surface area contributed by atoms with Gasteiger partial charge in [-0.3, -0.25) is 8.98 Å². The molecule has 220 valence electrons. The first-order valence-corrected chi connectivity index (χ1v) is 14.5. The van der Waals surface area contributed by atoms with Gasteiger partial charge in [0.1, 0.15) is 24.1 Å². The van der Waals surface area contributed by atoms with Gasteiger partial charge in [-0.05, 0) is 65.1 Å². The number of carbonyl (C=O) groups is 1. The van der Waals surface area contributed by atoms with Gasteiger partial charge in [-0.1, -0.05) is 26.0 Å². The Balaban J connectivity index is 1.89. The van der Waals surface area contributed by atoms with Crippen molar-refractivity contribution in [2.75, 3.05) is 13.2 Å². The van der Waals surface area contributed by atoms with Crippen molar-refractivity contribution in [3.8, 4) is 5.75 Å². The summed E-state index contributed by atoms with van der Waals surface area (Å²) >= 11 is 2.09. The van der Waals surface area contributed by atoms with Crippen LogP contribution in [0.3, 0.4) is 0 Å². The molecule has 1 fully saturated rings. The summed E-state index contributed by atoms with van der Waals surface area (Å²) in [4.78, 5) is 11.8. The van der Waals surface area contributed by atoms with Crippen LogP contribution in [0.2, 0.25) is 0 Å². The molecule has 2 aromatic rings. The first kappa shape index (κ1) is 32.3. The molecule has 0 bridgehead atoms. The lowest BCUT2D eigenvalue weighted by atomic mass is 9.98. The van der Waals surface area contributed by atoms with E-state index in [0.717, 1.165) is 21.8 Å². The third kappa shape index (κ3) is 8.39. The van der Waals surface area contributed by atoms with E-state index >= 15 is 0 Å². The van der Waals surface area contributed by atoms with Crippen LogP contribution in [0.25, 0.3) is 0 Å². The van der Waals surface area contributed by atoms with Crippen molar-refractivity contribution in [2.45, 2.75) is 55.6 Å². The standard InChI is InChI=1S/C26H28F3IO9S/c1-4-12-35-22-21(31)20(14-36-40(33,34)19-7-5-6-16(13-19)26(27,28)29)38-25(23(22)39-24(32)15(2)3)37-18-10-8-17(30)9-11-18/h4-11,13,15,20-23,25,31H,1,12,14H2,2-3H3/t20-,21-,22+,23-,25-/m1/s1. The molecule has 1 aliphatic rings. The summed E-state index contributed by atoms with van der Waals surface area (Å²) in [5, 5.41) is 11.1. The molecule has 0 aliphatic carbocycles. The van der Waals surface area contributed by atoms with Crippen molar-refractivity contribution in [3.05, 3.63) is 70.3 Å². The molecule has 0 aromatic heterocycles. The van der Waals surface area contributed by atoms with Crippen molar-refractivity contribution >= 4 is 38.7 Å². The fourth-order valence-corrected chi connectivity index (χ4v) is 4.91. The third-order valence-corrected chi connectivity index (χ3v) is 7.65. The van der Waals surface area contributed by atoms with E-state index in [9.17, 15) is 31.5 Å². The van der Waals surface area contributed by atoms with Crippen molar-refractivity contribution in [3.63, 3.8) is 0 Å². The Hall–Kier alpha value is -2.24. The Morgan fingerprint density at radius 2 is 1.85 bits per heavy atom. The van der Waals surface area contributed by atoms with Crippen LogP contribution in [-0.2, 0) is 39.5 Å². The van der Waals surface area contributed by atoms with Crippen LogP contribution >= 0.6 is 22.6 Å². The van der Waals surface area contributed by atoms with Gasteiger partial charge in [0.25, 0.3) is 10.1 Å². The minimum atomic E-state index is -4.77. The summed E-state index contributed by atoms with van der Waals surface area (Å²) in [7, 11) is -4.70. The molecular weight excluding hydrogens is 672 g/mol. The van der Waals surface area contributed by atoms with Gasteiger partial charge in [0, 0.05) is 3.57 Å². The number of benzene rings is 2. The maximum atomic E-state index is 13.1. The molecule has 0 unspecified atom stereocenters. The van der Waals surface area contributed by atoms with E-state index in [1.54, 1.807) is 38.1 Å². The van der Waals surface area contributed by atoms with Crippen molar-refractivity contribution in [2.24, 2.45) is 5.92 Å². The highest BCUT2D eigenvalue weighted by Crippen LogP contribution is 2.32. The number of hydrogen-bond acceptors (Lipinski definition) is 9. The van der Waals surface area contributed by atoms with Crippen LogP contribution < -0.4 is 4.74 Å². The fourth-order valence-electron chi connectivity index (χ4n) is 3.59. The smallest absolute Gasteiger partial charge is 0.416 e. The molecule has 1 saturated heterocycles. The number of esters is 1. The number of ether oxygens (including phenoxy) is 4. The molecule has 1 aliphatic heterocycles. The Morgan fingerprint density at radius 1 is 1.18 bits per heavy atom. The van der Waals surface area contributed by atoms with Gasteiger partial charge >= 0.3 is 12.1 Å². The van der Waals surface area contributed by atoms with Gasteiger partial charge in [-0.2, -0.15) is 21.6 Å². The molecule has 5 atom stereocenters. The predicted molar refractivity (Wildman–Crippen MR) is 144 cm³/mol. The van der Waals surface area contributed by atoms with Crippen LogP contribution in [0.5, 0.6) is 5.75 Å². The van der Waals surface area contributed by atoms with Crippen LogP contribution in [0.4, 0.5) is 13.2 Å². The summed E-state index contributed by atoms with van der Waals surface area (Å²) in [5.41, 5.74) is -1.18. The number of hydrogen-bond donors (Lipinski definition) is 1. The first-order chi connectivity index (χ1) is 18.7. The zero-order valence-electron chi connectivity index (χ0n) is 21.4. The van der Waals surface area contributed by atoms with Crippen LogP contribution in [0.1, 0.15) is 19.4 Å². The molecule has 40 heavy (non-hydrogen) atoms. The van der Waals surface area contributed by atoms with Crippen LogP contribution in [-0.4, -0.2) is 63.4 Å². The lowest BCUT2D eigenvalue weighted by Gasteiger charge is -2.43. The number of alkyl halides is 3. The summed E-state index contributed by atoms with van der Waals surface area (Å²) in [6.45, 7) is 5.88. The highest BCUT2D eigenvalue weighted by molar-refractivity contribution is 14.1. The Bertz CT molecular complexity index is 1270. The molecule has 3 rings (SSSR count). The van der Waals surface area contributed by atoms with Gasteiger partial charge < -0.3 is 24.1 Å². The maximum absolute atomic E-state index is 13.1. The van der Waals surface area contributed by atoms with Crippen molar-refractivity contribution < 1.29 is 54.6 Å². The molecule has 1 N–H and O–H groups in total. The summed E-state index contributed by atoms with van der Waals surface area (Å²) in [6, 6.07) is 9.79. The zero-order valence-corrected chi connectivity index (χ0v) is 24.4. The minimum absolute atomic E-state index is 0.0795. The number of rotatable bonds is 11. The van der Waals surface area contributed by atoms with Crippen molar-refractivity contribution in [1.29, 1.82) is 0 Å². The topological polar surface area (TPSA) is 118 Å². The molecular formula is C26H28F3IO9S. The molecule has 0 saturated carbocycles. The van der Waals surface area contributed by atoms with E-state index in [1.165, 1.54) is 6.08 Å². The highest BCUT2D eigenvalue weighted by atomic mass is 127. The van der Waals surface area contributed by atoms with Gasteiger partial charge in [0.15, 0.2) is 6.10 Å². The van der Waals surface area contributed by atoms with Gasteiger partial charge in [-0.25, -0.2) is 0 Å². The Morgan fingerprint density at radius 3 is 2.45 bits per heavy atom. The molecule has 0 amide bonds. The van der Waals surface area contributed by atoms with E-state index in [1.807, 2.05) is 0 Å². The summed E-state index contributed by atoms with van der Waals surface area (Å²) < 4.78 is 93.6.